The Morgan fingerprint density at radius 2 is 1.85 bits per heavy atom. The van der Waals surface area contributed by atoms with Gasteiger partial charge in [-0.05, 0) is 36.5 Å². The molecule has 1 heterocycles. The maximum atomic E-state index is 11.9. The third kappa shape index (κ3) is 3.68. The van der Waals surface area contributed by atoms with Crippen molar-refractivity contribution in [1.82, 2.24) is 0 Å². The van der Waals surface area contributed by atoms with Gasteiger partial charge < -0.3 is 0 Å². The van der Waals surface area contributed by atoms with E-state index in [9.17, 15) is 16.8 Å². The van der Waals surface area contributed by atoms with Crippen LogP contribution in [-0.2, 0) is 24.1 Å². The third-order valence-corrected chi connectivity index (χ3v) is 5.13. The molecule has 0 spiro atoms. The Balaban J connectivity index is 1.95. The molecule has 0 saturated carbocycles. The van der Waals surface area contributed by atoms with Gasteiger partial charge in [0, 0.05) is 5.41 Å². The summed E-state index contributed by atoms with van der Waals surface area (Å²) in [6.45, 7) is 0.126. The zero-order valence-electron chi connectivity index (χ0n) is 11.1. The minimum Gasteiger partial charge on any atom is -0.270 e. The molecule has 0 amide bonds. The van der Waals surface area contributed by atoms with Crippen molar-refractivity contribution in [2.75, 3.05) is 12.9 Å². The summed E-state index contributed by atoms with van der Waals surface area (Å²) in [5.41, 5.74) is 1.52. The first-order valence-corrected chi connectivity index (χ1v) is 9.55. The van der Waals surface area contributed by atoms with E-state index in [0.717, 1.165) is 17.4 Å². The fraction of sp³-hybridized carbons (Fsp3) is 0.385. The minimum absolute atomic E-state index is 0.126. The van der Waals surface area contributed by atoms with Gasteiger partial charge in [0.15, 0.2) is 0 Å². The molecule has 2 rings (SSSR count). The number of fused-ring (bicyclic) bond motifs is 1. The maximum absolute atomic E-state index is 11.9. The van der Waals surface area contributed by atoms with Gasteiger partial charge >= 0.3 is 0 Å². The second kappa shape index (κ2) is 5.67. The Morgan fingerprint density at radius 3 is 2.55 bits per heavy atom. The van der Waals surface area contributed by atoms with Gasteiger partial charge in [0.2, 0.25) is 9.84 Å². The number of hydrogen-bond donors (Lipinski definition) is 0. The zero-order valence-corrected chi connectivity index (χ0v) is 12.7. The number of allylic oxidation sites excluding steroid dienone is 1. The van der Waals surface area contributed by atoms with E-state index in [2.05, 4.69) is 4.18 Å². The van der Waals surface area contributed by atoms with E-state index in [1.165, 1.54) is 5.41 Å². The van der Waals surface area contributed by atoms with E-state index in [1.54, 1.807) is 24.3 Å². The molecule has 0 N–H and O–H groups in total. The Labute approximate surface area is 119 Å². The molecular weight excluding hydrogens is 300 g/mol. The molecule has 0 aromatic heterocycles. The monoisotopic (exact) mass is 316 g/mol. The van der Waals surface area contributed by atoms with Gasteiger partial charge in [0.25, 0.3) is 10.1 Å². The summed E-state index contributed by atoms with van der Waals surface area (Å²) < 4.78 is 50.0. The second-order valence-corrected chi connectivity index (χ2v) is 8.08. The average Bonchev–Trinajstić information content (AvgIpc) is 2.60. The van der Waals surface area contributed by atoms with Crippen molar-refractivity contribution in [2.45, 2.75) is 24.2 Å². The lowest BCUT2D eigenvalue weighted by Crippen LogP contribution is -2.03. The molecular formula is C13H16O5S2. The van der Waals surface area contributed by atoms with Gasteiger partial charge in [-0.2, -0.15) is 8.42 Å². The van der Waals surface area contributed by atoms with E-state index in [-0.39, 0.29) is 6.61 Å². The van der Waals surface area contributed by atoms with Crippen molar-refractivity contribution in [3.63, 3.8) is 0 Å². The number of benzene rings is 1. The Bertz CT molecular complexity index is 730. The number of rotatable bonds is 6. The van der Waals surface area contributed by atoms with Crippen LogP contribution in [0.15, 0.2) is 34.6 Å². The van der Waals surface area contributed by atoms with E-state index >= 15 is 0 Å². The van der Waals surface area contributed by atoms with Crippen LogP contribution in [-0.4, -0.2) is 29.7 Å². The van der Waals surface area contributed by atoms with Crippen LogP contribution in [0.5, 0.6) is 0 Å². The van der Waals surface area contributed by atoms with Gasteiger partial charge in [-0.1, -0.05) is 18.2 Å². The van der Waals surface area contributed by atoms with Crippen LogP contribution in [0.3, 0.4) is 0 Å². The quantitative estimate of drug-likeness (QED) is 0.592. The highest BCUT2D eigenvalue weighted by molar-refractivity contribution is 7.95. The molecule has 0 fully saturated rings. The highest BCUT2D eigenvalue weighted by atomic mass is 32.2. The van der Waals surface area contributed by atoms with Crippen molar-refractivity contribution in [2.24, 2.45) is 0 Å². The standard InChI is InChI=1S/C13H16O5S2/c1-19(14,15)18-9-5-4-6-11-10-20(16,17)13-8-3-2-7-12(11)13/h2-3,7-8,10H,4-6,9H2,1H3. The Morgan fingerprint density at radius 1 is 1.15 bits per heavy atom. The third-order valence-electron chi connectivity index (χ3n) is 2.97. The molecule has 1 aromatic carbocycles. The van der Waals surface area contributed by atoms with Crippen molar-refractivity contribution < 1.29 is 21.0 Å². The fourth-order valence-corrected chi connectivity index (χ4v) is 4.06. The lowest BCUT2D eigenvalue weighted by atomic mass is 10.0. The average molecular weight is 316 g/mol. The van der Waals surface area contributed by atoms with Crippen LogP contribution in [0.1, 0.15) is 24.8 Å². The molecule has 1 aromatic rings. The molecule has 7 heteroatoms. The summed E-state index contributed by atoms with van der Waals surface area (Å²) >= 11 is 0. The van der Waals surface area contributed by atoms with Gasteiger partial charge in [-0.15, -0.1) is 0 Å². The second-order valence-electron chi connectivity index (χ2n) is 4.67. The topological polar surface area (TPSA) is 77.5 Å². The van der Waals surface area contributed by atoms with E-state index in [0.29, 0.717) is 24.2 Å². The van der Waals surface area contributed by atoms with Crippen molar-refractivity contribution in [3.05, 3.63) is 35.2 Å². The summed E-state index contributed by atoms with van der Waals surface area (Å²) in [5.74, 6) is 0. The molecule has 0 unspecified atom stereocenters. The molecule has 20 heavy (non-hydrogen) atoms. The fourth-order valence-electron chi connectivity index (χ4n) is 2.12. The van der Waals surface area contributed by atoms with E-state index < -0.39 is 20.0 Å². The lowest BCUT2D eigenvalue weighted by molar-refractivity contribution is 0.313. The van der Waals surface area contributed by atoms with Crippen molar-refractivity contribution >= 4 is 25.5 Å². The molecule has 0 saturated heterocycles. The van der Waals surface area contributed by atoms with Crippen LogP contribution in [0.2, 0.25) is 0 Å². The first kappa shape index (κ1) is 15.2. The van der Waals surface area contributed by atoms with Crippen LogP contribution < -0.4 is 0 Å². The predicted molar refractivity (Wildman–Crippen MR) is 76.3 cm³/mol. The first-order valence-electron chi connectivity index (χ1n) is 6.19. The van der Waals surface area contributed by atoms with Crippen LogP contribution in [0.25, 0.3) is 5.57 Å². The summed E-state index contributed by atoms with van der Waals surface area (Å²) in [5, 5.41) is 1.30. The Hall–Kier alpha value is -1.18. The normalized spacial score (nSPS) is 16.8. The summed E-state index contributed by atoms with van der Waals surface area (Å²) in [7, 11) is -6.71. The van der Waals surface area contributed by atoms with E-state index in [4.69, 9.17) is 0 Å². The number of unbranched alkanes of at least 4 members (excludes halogenated alkanes) is 1. The molecule has 0 radical (unpaired) electrons. The summed E-state index contributed by atoms with van der Waals surface area (Å²) in [6.07, 6.45) is 2.83. The molecule has 110 valence electrons. The van der Waals surface area contributed by atoms with Crippen molar-refractivity contribution in [1.29, 1.82) is 0 Å². The van der Waals surface area contributed by atoms with Gasteiger partial charge in [0.05, 0.1) is 17.8 Å². The minimum atomic E-state index is -3.40. The number of hydrogen-bond acceptors (Lipinski definition) is 5. The first-order chi connectivity index (χ1) is 9.30. The van der Waals surface area contributed by atoms with Gasteiger partial charge in [0.1, 0.15) is 0 Å². The Kier molecular flexibility index (Phi) is 4.31. The van der Waals surface area contributed by atoms with Gasteiger partial charge in [-0.25, -0.2) is 8.42 Å². The predicted octanol–water partition coefficient (Wildman–Crippen LogP) is 1.96. The van der Waals surface area contributed by atoms with Gasteiger partial charge in [-0.3, -0.25) is 4.18 Å². The molecule has 1 aliphatic heterocycles. The largest absolute Gasteiger partial charge is 0.270 e. The molecule has 0 aliphatic carbocycles. The number of sulfone groups is 1. The summed E-state index contributed by atoms with van der Waals surface area (Å²) in [4.78, 5) is 0.349. The lowest BCUT2D eigenvalue weighted by Gasteiger charge is -2.04. The van der Waals surface area contributed by atoms with Crippen LogP contribution in [0, 0.1) is 0 Å². The summed E-state index contributed by atoms with van der Waals surface area (Å²) in [6, 6.07) is 6.90. The molecule has 5 nitrogen and oxygen atoms in total. The highest BCUT2D eigenvalue weighted by Gasteiger charge is 2.25. The molecule has 0 atom stereocenters. The van der Waals surface area contributed by atoms with E-state index in [1.807, 2.05) is 0 Å². The maximum Gasteiger partial charge on any atom is 0.264 e. The smallest absolute Gasteiger partial charge is 0.264 e. The molecule has 0 bridgehead atoms. The van der Waals surface area contributed by atoms with Crippen molar-refractivity contribution in [3.8, 4) is 0 Å². The molecule has 1 aliphatic rings. The highest BCUT2D eigenvalue weighted by Crippen LogP contribution is 2.35. The van der Waals surface area contributed by atoms with Crippen LogP contribution in [0.4, 0.5) is 0 Å². The SMILES string of the molecule is CS(=O)(=O)OCCCCC1=CS(=O)(=O)c2ccccc21. The van der Waals surface area contributed by atoms with Crippen LogP contribution >= 0.6 is 0 Å². The zero-order chi connectivity index (χ0) is 14.8.